The molecule has 0 bridgehead atoms. The number of non-ortho nitro benzene ring substituents is 1. The summed E-state index contributed by atoms with van der Waals surface area (Å²) in [6.45, 7) is 0.263. The van der Waals surface area contributed by atoms with E-state index in [-0.39, 0.29) is 23.7 Å². The second-order valence-corrected chi connectivity index (χ2v) is 7.21. The first-order valence-corrected chi connectivity index (χ1v) is 8.85. The molecule has 0 saturated carbocycles. The van der Waals surface area contributed by atoms with Gasteiger partial charge in [-0.1, -0.05) is 0 Å². The molecule has 0 aliphatic carbocycles. The molecule has 1 atom stereocenters. The maximum atomic E-state index is 13.3. The third kappa shape index (κ3) is 5.11. The molecule has 0 aromatic heterocycles. The van der Waals surface area contributed by atoms with Gasteiger partial charge in [0.1, 0.15) is 6.04 Å². The van der Waals surface area contributed by atoms with E-state index in [1.54, 1.807) is 0 Å². The maximum Gasteiger partial charge on any atom is 0.405 e. The summed E-state index contributed by atoms with van der Waals surface area (Å²) in [4.78, 5) is 10.7. The first kappa shape index (κ1) is 19.6. The van der Waals surface area contributed by atoms with Crippen LogP contribution in [0.1, 0.15) is 0 Å². The second-order valence-electron chi connectivity index (χ2n) is 5.45. The smallest absolute Gasteiger partial charge is 0.314 e. The molecule has 1 unspecified atom stereocenters. The first-order valence-electron chi connectivity index (χ1n) is 7.37. The minimum absolute atomic E-state index is 0.156. The van der Waals surface area contributed by atoms with Crippen molar-refractivity contribution in [3.8, 4) is 0 Å². The molecule has 140 valence electrons. The van der Waals surface area contributed by atoms with Gasteiger partial charge in [0.15, 0.2) is 0 Å². The van der Waals surface area contributed by atoms with Gasteiger partial charge in [-0.3, -0.25) is 15.0 Å². The van der Waals surface area contributed by atoms with E-state index in [0.717, 1.165) is 24.3 Å². The lowest BCUT2D eigenvalue weighted by Crippen LogP contribution is -2.57. The number of piperazine rings is 1. The van der Waals surface area contributed by atoms with Gasteiger partial charge in [-0.15, -0.1) is 0 Å². The number of nitro benzene ring substituents is 1. The molecule has 1 aromatic rings. The molecular weight excluding hydrogens is 365 g/mol. The van der Waals surface area contributed by atoms with E-state index < -0.39 is 33.7 Å². The van der Waals surface area contributed by atoms with Crippen molar-refractivity contribution in [3.05, 3.63) is 34.4 Å². The largest absolute Gasteiger partial charge is 0.405 e. The van der Waals surface area contributed by atoms with Crippen molar-refractivity contribution in [2.75, 3.05) is 32.7 Å². The highest BCUT2D eigenvalue weighted by Gasteiger charge is 2.44. The molecule has 1 aliphatic heterocycles. The zero-order valence-electron chi connectivity index (χ0n) is 13.0. The molecule has 8 nitrogen and oxygen atoms in total. The second kappa shape index (κ2) is 7.64. The normalized spacial score (nSPS) is 18.0. The van der Waals surface area contributed by atoms with Crippen molar-refractivity contribution < 1.29 is 26.5 Å². The summed E-state index contributed by atoms with van der Waals surface area (Å²) in [5.41, 5.74) is -0.312. The number of nitrogens with one attached hydrogen (secondary N) is 2. The highest BCUT2D eigenvalue weighted by Crippen LogP contribution is 2.25. The standard InChI is InChI=1S/C13H17F3N4O4S/c14-13(15,16)12(19-7-5-17-6-8-19)9-18-25(23,24)11-3-1-10(2-4-11)20(21)22/h1-4,12,17-18H,5-9H2. The van der Waals surface area contributed by atoms with Gasteiger partial charge < -0.3 is 5.32 Å². The molecule has 0 radical (unpaired) electrons. The van der Waals surface area contributed by atoms with Crippen LogP contribution in [0.25, 0.3) is 0 Å². The average molecular weight is 382 g/mol. The Hall–Kier alpha value is -1.76. The summed E-state index contributed by atoms with van der Waals surface area (Å²) < 4.78 is 66.0. The van der Waals surface area contributed by atoms with Crippen LogP contribution >= 0.6 is 0 Å². The number of hydrogen-bond donors (Lipinski definition) is 2. The number of nitro groups is 1. The van der Waals surface area contributed by atoms with Crippen LogP contribution in [0.2, 0.25) is 0 Å². The quantitative estimate of drug-likeness (QED) is 0.555. The van der Waals surface area contributed by atoms with E-state index >= 15 is 0 Å². The van der Waals surface area contributed by atoms with E-state index in [0.29, 0.717) is 13.1 Å². The summed E-state index contributed by atoms with van der Waals surface area (Å²) in [6.07, 6.45) is -4.59. The van der Waals surface area contributed by atoms with Gasteiger partial charge in [0.05, 0.1) is 9.82 Å². The Balaban J connectivity index is 2.11. The van der Waals surface area contributed by atoms with Crippen molar-refractivity contribution in [2.45, 2.75) is 17.1 Å². The SMILES string of the molecule is O=[N+]([O-])c1ccc(S(=O)(=O)NCC(N2CCNCC2)C(F)(F)F)cc1. The third-order valence-corrected chi connectivity index (χ3v) is 5.23. The van der Waals surface area contributed by atoms with E-state index in [2.05, 4.69) is 5.32 Å². The number of alkyl halides is 3. The zero-order chi connectivity index (χ0) is 18.7. The summed E-state index contributed by atoms with van der Waals surface area (Å²) in [5, 5.41) is 13.5. The number of hydrogen-bond acceptors (Lipinski definition) is 6. The van der Waals surface area contributed by atoms with Gasteiger partial charge in [0, 0.05) is 44.9 Å². The van der Waals surface area contributed by atoms with Crippen LogP contribution in [0.5, 0.6) is 0 Å². The topological polar surface area (TPSA) is 105 Å². The van der Waals surface area contributed by atoms with Crippen LogP contribution in [-0.4, -0.2) is 63.2 Å². The Bertz CT molecular complexity index is 703. The summed E-state index contributed by atoms with van der Waals surface area (Å²) in [6, 6.07) is 1.97. The van der Waals surface area contributed by atoms with E-state index in [1.807, 2.05) is 4.72 Å². The van der Waals surface area contributed by atoms with Crippen LogP contribution in [0, 0.1) is 10.1 Å². The molecule has 25 heavy (non-hydrogen) atoms. The lowest BCUT2D eigenvalue weighted by atomic mass is 10.2. The lowest BCUT2D eigenvalue weighted by Gasteiger charge is -2.35. The molecule has 1 fully saturated rings. The van der Waals surface area contributed by atoms with Crippen molar-refractivity contribution >= 4 is 15.7 Å². The van der Waals surface area contributed by atoms with Crippen molar-refractivity contribution in [3.63, 3.8) is 0 Å². The molecule has 12 heteroatoms. The Kier molecular flexibility index (Phi) is 5.98. The van der Waals surface area contributed by atoms with Gasteiger partial charge in [-0.25, -0.2) is 13.1 Å². The van der Waals surface area contributed by atoms with Crippen LogP contribution < -0.4 is 10.0 Å². The Morgan fingerprint density at radius 3 is 2.28 bits per heavy atom. The molecule has 0 amide bonds. The van der Waals surface area contributed by atoms with Crippen LogP contribution in [0.4, 0.5) is 18.9 Å². The van der Waals surface area contributed by atoms with Crippen LogP contribution in [0.15, 0.2) is 29.2 Å². The molecule has 2 rings (SSSR count). The Morgan fingerprint density at radius 2 is 1.80 bits per heavy atom. The average Bonchev–Trinajstić information content (AvgIpc) is 2.54. The van der Waals surface area contributed by atoms with E-state index in [1.165, 1.54) is 4.90 Å². The zero-order valence-corrected chi connectivity index (χ0v) is 13.8. The highest BCUT2D eigenvalue weighted by atomic mass is 32.2. The van der Waals surface area contributed by atoms with Crippen molar-refractivity contribution in [1.82, 2.24) is 14.9 Å². The summed E-state index contributed by atoms with van der Waals surface area (Å²) in [7, 11) is -4.21. The van der Waals surface area contributed by atoms with Crippen LogP contribution in [-0.2, 0) is 10.0 Å². The van der Waals surface area contributed by atoms with Gasteiger partial charge in [-0.05, 0) is 12.1 Å². The fourth-order valence-electron chi connectivity index (χ4n) is 2.46. The molecule has 1 heterocycles. The van der Waals surface area contributed by atoms with Gasteiger partial charge in [0.25, 0.3) is 5.69 Å². The predicted octanol–water partition coefficient (Wildman–Crippen LogP) is 0.709. The van der Waals surface area contributed by atoms with Gasteiger partial charge >= 0.3 is 6.18 Å². The molecular formula is C13H17F3N4O4S. The summed E-state index contributed by atoms with van der Waals surface area (Å²) >= 11 is 0. The van der Waals surface area contributed by atoms with E-state index in [4.69, 9.17) is 0 Å². The Labute approximate surface area is 142 Å². The molecule has 1 saturated heterocycles. The summed E-state index contributed by atoms with van der Waals surface area (Å²) in [5.74, 6) is 0. The molecule has 0 spiro atoms. The number of sulfonamides is 1. The van der Waals surface area contributed by atoms with Crippen molar-refractivity contribution in [1.29, 1.82) is 0 Å². The van der Waals surface area contributed by atoms with Crippen molar-refractivity contribution in [2.24, 2.45) is 0 Å². The fourth-order valence-corrected chi connectivity index (χ4v) is 3.50. The minimum Gasteiger partial charge on any atom is -0.314 e. The van der Waals surface area contributed by atoms with Gasteiger partial charge in [-0.2, -0.15) is 13.2 Å². The monoisotopic (exact) mass is 382 g/mol. The number of nitrogens with zero attached hydrogens (tertiary/aromatic N) is 2. The fraction of sp³-hybridized carbons (Fsp3) is 0.538. The predicted molar refractivity (Wildman–Crippen MR) is 82.6 cm³/mol. The third-order valence-electron chi connectivity index (χ3n) is 3.79. The number of halogens is 3. The maximum absolute atomic E-state index is 13.3. The highest BCUT2D eigenvalue weighted by molar-refractivity contribution is 7.89. The van der Waals surface area contributed by atoms with Gasteiger partial charge in [0.2, 0.25) is 10.0 Å². The number of benzene rings is 1. The van der Waals surface area contributed by atoms with Crippen LogP contribution in [0.3, 0.4) is 0 Å². The molecule has 2 N–H and O–H groups in total. The molecule has 1 aliphatic rings. The minimum atomic E-state index is -4.59. The first-order chi connectivity index (χ1) is 11.6. The van der Waals surface area contributed by atoms with E-state index in [9.17, 15) is 31.7 Å². The molecule has 1 aromatic carbocycles. The Morgan fingerprint density at radius 1 is 1.24 bits per heavy atom. The number of rotatable bonds is 6. The lowest BCUT2D eigenvalue weighted by molar-refractivity contribution is -0.384.